The number of sulfonamides is 1. The number of anilines is 2. The number of hydrogen-bond acceptors (Lipinski definition) is 3. The largest absolute Gasteiger partial charge is 0.326 e. The van der Waals surface area contributed by atoms with Crippen LogP contribution in [0, 0.1) is 5.92 Å². The lowest BCUT2D eigenvalue weighted by molar-refractivity contribution is -0.117. The van der Waals surface area contributed by atoms with Crippen molar-refractivity contribution in [2.45, 2.75) is 17.7 Å². The highest BCUT2D eigenvalue weighted by molar-refractivity contribution is 9.10. The summed E-state index contributed by atoms with van der Waals surface area (Å²) < 4.78 is 27.9. The first-order valence-corrected chi connectivity index (χ1v) is 9.41. The van der Waals surface area contributed by atoms with Crippen molar-refractivity contribution < 1.29 is 13.2 Å². The van der Waals surface area contributed by atoms with Gasteiger partial charge in [0.25, 0.3) is 10.0 Å². The maximum Gasteiger partial charge on any atom is 0.263 e. The van der Waals surface area contributed by atoms with Gasteiger partial charge in [0.2, 0.25) is 5.91 Å². The predicted octanol–water partition coefficient (Wildman–Crippen LogP) is 3.60. The summed E-state index contributed by atoms with van der Waals surface area (Å²) in [6.45, 7) is 0. The molecule has 0 atom stereocenters. The third kappa shape index (κ3) is 3.92. The minimum absolute atomic E-state index is 0.0178. The number of benzene rings is 2. The summed E-state index contributed by atoms with van der Waals surface area (Å²) in [6, 6.07) is 13.3. The molecule has 1 saturated carbocycles. The van der Waals surface area contributed by atoms with Gasteiger partial charge in [-0.15, -0.1) is 0 Å². The molecule has 5 nitrogen and oxygen atoms in total. The lowest BCUT2D eigenvalue weighted by Crippen LogP contribution is -2.15. The first-order chi connectivity index (χ1) is 11.0. The number of amides is 1. The number of hydrogen-bond donors (Lipinski definition) is 2. The van der Waals surface area contributed by atoms with E-state index in [-0.39, 0.29) is 16.7 Å². The van der Waals surface area contributed by atoms with Gasteiger partial charge in [-0.1, -0.05) is 18.2 Å². The Morgan fingerprint density at radius 1 is 1.04 bits per heavy atom. The van der Waals surface area contributed by atoms with Crippen molar-refractivity contribution in [3.63, 3.8) is 0 Å². The van der Waals surface area contributed by atoms with E-state index >= 15 is 0 Å². The van der Waals surface area contributed by atoms with E-state index in [2.05, 4.69) is 26.0 Å². The summed E-state index contributed by atoms with van der Waals surface area (Å²) in [4.78, 5) is 11.9. The van der Waals surface area contributed by atoms with Gasteiger partial charge in [0.1, 0.15) is 4.90 Å². The molecule has 3 rings (SSSR count). The average molecular weight is 395 g/mol. The first-order valence-electron chi connectivity index (χ1n) is 7.14. The first kappa shape index (κ1) is 16.0. The van der Waals surface area contributed by atoms with Gasteiger partial charge >= 0.3 is 0 Å². The second-order valence-corrected chi connectivity index (χ2v) is 7.89. The van der Waals surface area contributed by atoms with E-state index < -0.39 is 10.0 Å². The Morgan fingerprint density at radius 2 is 1.74 bits per heavy atom. The van der Waals surface area contributed by atoms with Gasteiger partial charge in [0.05, 0.1) is 5.69 Å². The highest BCUT2D eigenvalue weighted by Crippen LogP contribution is 2.30. The number of carbonyl (C=O) groups is 1. The molecule has 2 aromatic carbocycles. The van der Waals surface area contributed by atoms with Crippen molar-refractivity contribution >= 4 is 43.2 Å². The summed E-state index contributed by atoms with van der Waals surface area (Å²) in [7, 11) is -3.70. The Labute approximate surface area is 143 Å². The molecule has 0 aromatic heterocycles. The Hall–Kier alpha value is -1.86. The summed E-state index contributed by atoms with van der Waals surface area (Å²) in [5.41, 5.74) is 0.976. The van der Waals surface area contributed by atoms with Crippen LogP contribution in [0.5, 0.6) is 0 Å². The molecule has 1 aliphatic carbocycles. The lowest BCUT2D eigenvalue weighted by atomic mass is 10.2. The highest BCUT2D eigenvalue weighted by Gasteiger charge is 2.29. The molecule has 2 N–H and O–H groups in total. The third-order valence-corrected chi connectivity index (χ3v) is 5.85. The van der Waals surface area contributed by atoms with E-state index in [9.17, 15) is 13.2 Å². The summed E-state index contributed by atoms with van der Waals surface area (Å²) >= 11 is 3.24. The molecule has 0 saturated heterocycles. The van der Waals surface area contributed by atoms with Crippen LogP contribution < -0.4 is 10.0 Å². The van der Waals surface area contributed by atoms with Crippen LogP contribution in [0.25, 0.3) is 0 Å². The van der Waals surface area contributed by atoms with Gasteiger partial charge in [0, 0.05) is 16.1 Å². The second kappa shape index (κ2) is 6.33. The molecule has 0 heterocycles. The molecule has 1 aliphatic rings. The fourth-order valence-corrected chi connectivity index (χ4v) is 4.18. The van der Waals surface area contributed by atoms with Crippen LogP contribution in [0.4, 0.5) is 11.4 Å². The zero-order valence-corrected chi connectivity index (χ0v) is 14.5. The molecule has 2 aromatic rings. The van der Waals surface area contributed by atoms with Gasteiger partial charge in [-0.25, -0.2) is 8.42 Å². The Kier molecular flexibility index (Phi) is 4.41. The Morgan fingerprint density at radius 3 is 2.43 bits per heavy atom. The molecule has 0 aliphatic heterocycles. The topological polar surface area (TPSA) is 75.3 Å². The fraction of sp³-hybridized carbons (Fsp3) is 0.188. The molecule has 120 valence electrons. The van der Waals surface area contributed by atoms with Gasteiger partial charge in [-0.2, -0.15) is 0 Å². The van der Waals surface area contributed by atoms with Crippen molar-refractivity contribution in [3.8, 4) is 0 Å². The van der Waals surface area contributed by atoms with E-state index in [1.165, 1.54) is 6.07 Å². The van der Waals surface area contributed by atoms with E-state index in [0.717, 1.165) is 12.8 Å². The minimum Gasteiger partial charge on any atom is -0.326 e. The number of rotatable bonds is 5. The Bertz CT molecular complexity index is 848. The van der Waals surface area contributed by atoms with Crippen LogP contribution in [-0.4, -0.2) is 14.3 Å². The molecule has 0 bridgehead atoms. The van der Waals surface area contributed by atoms with Crippen LogP contribution >= 0.6 is 15.9 Å². The second-order valence-electron chi connectivity index (χ2n) is 5.38. The molecule has 1 amide bonds. The van der Waals surface area contributed by atoms with Gasteiger partial charge < -0.3 is 5.32 Å². The summed E-state index contributed by atoms with van der Waals surface area (Å²) in [5, 5.41) is 2.80. The maximum absolute atomic E-state index is 12.4. The molecule has 0 unspecified atom stereocenters. The maximum atomic E-state index is 12.4. The predicted molar refractivity (Wildman–Crippen MR) is 92.7 cm³/mol. The molecule has 0 radical (unpaired) electrons. The zero-order chi connectivity index (χ0) is 16.4. The van der Waals surface area contributed by atoms with Crippen LogP contribution in [0.1, 0.15) is 12.8 Å². The molecule has 23 heavy (non-hydrogen) atoms. The van der Waals surface area contributed by atoms with Gasteiger partial charge in [0.15, 0.2) is 0 Å². The van der Waals surface area contributed by atoms with Crippen molar-refractivity contribution in [2.24, 2.45) is 5.92 Å². The lowest BCUT2D eigenvalue weighted by Gasteiger charge is -2.11. The number of halogens is 1. The average Bonchev–Trinajstić information content (AvgIpc) is 3.32. The molecule has 1 fully saturated rings. The van der Waals surface area contributed by atoms with E-state index in [1.807, 2.05) is 0 Å². The van der Waals surface area contributed by atoms with Crippen molar-refractivity contribution in [1.29, 1.82) is 0 Å². The van der Waals surface area contributed by atoms with Crippen molar-refractivity contribution in [1.82, 2.24) is 0 Å². The van der Waals surface area contributed by atoms with Crippen molar-refractivity contribution in [2.75, 3.05) is 10.0 Å². The Balaban J connectivity index is 1.79. The van der Waals surface area contributed by atoms with Crippen LogP contribution in [0.15, 0.2) is 57.9 Å². The summed E-state index contributed by atoms with van der Waals surface area (Å²) in [5.74, 6) is 0.0754. The number of carbonyl (C=O) groups excluding carboxylic acids is 1. The van der Waals surface area contributed by atoms with E-state index in [0.29, 0.717) is 15.8 Å². The molecule has 0 spiro atoms. The van der Waals surface area contributed by atoms with E-state index in [1.54, 1.807) is 42.5 Å². The quantitative estimate of drug-likeness (QED) is 0.813. The normalized spacial score (nSPS) is 14.3. The number of nitrogens with one attached hydrogen (secondary N) is 2. The third-order valence-electron chi connectivity index (χ3n) is 3.46. The SMILES string of the molecule is O=C(Nc1cccc(NS(=O)(=O)c2ccccc2Br)c1)C1CC1. The molecule has 7 heteroatoms. The van der Waals surface area contributed by atoms with E-state index in [4.69, 9.17) is 0 Å². The molecular weight excluding hydrogens is 380 g/mol. The monoisotopic (exact) mass is 394 g/mol. The van der Waals surface area contributed by atoms with Gasteiger partial charge in [-0.05, 0) is 59.1 Å². The summed E-state index contributed by atoms with van der Waals surface area (Å²) in [6.07, 6.45) is 1.83. The van der Waals surface area contributed by atoms with Crippen molar-refractivity contribution in [3.05, 3.63) is 53.0 Å². The van der Waals surface area contributed by atoms with Crippen LogP contribution in [0.2, 0.25) is 0 Å². The fourth-order valence-electron chi connectivity index (χ4n) is 2.12. The minimum atomic E-state index is -3.70. The molecular formula is C16H15BrN2O3S. The van der Waals surface area contributed by atoms with Crippen LogP contribution in [0.3, 0.4) is 0 Å². The van der Waals surface area contributed by atoms with Gasteiger partial charge in [-0.3, -0.25) is 9.52 Å². The van der Waals surface area contributed by atoms with Crippen LogP contribution in [-0.2, 0) is 14.8 Å². The standard InChI is InChI=1S/C16H15BrN2O3S/c17-14-6-1-2-7-15(14)23(21,22)19-13-5-3-4-12(10-13)18-16(20)11-8-9-11/h1-7,10-11,19H,8-9H2,(H,18,20). The zero-order valence-electron chi connectivity index (χ0n) is 12.1. The highest BCUT2D eigenvalue weighted by atomic mass is 79.9. The smallest absolute Gasteiger partial charge is 0.263 e.